The van der Waals surface area contributed by atoms with Gasteiger partial charge in [0.1, 0.15) is 0 Å². The number of fused-ring (bicyclic) bond motifs is 20. The highest BCUT2D eigenvalue weighted by Gasteiger charge is 2.50. The fraction of sp³-hybridized carbons (Fsp3) is 0. The Hall–Kier alpha value is -15.0. The van der Waals surface area contributed by atoms with E-state index in [1.807, 2.05) is 45.3 Å². The average Bonchev–Trinajstić information content (AvgIpc) is 0.681. The zero-order valence-corrected chi connectivity index (χ0v) is 71.2. The van der Waals surface area contributed by atoms with Crippen LogP contribution in [-0.2, 0) is 0 Å². The van der Waals surface area contributed by atoms with E-state index in [0.29, 0.717) is 0 Å². The van der Waals surface area contributed by atoms with Crippen molar-refractivity contribution in [1.82, 2.24) is 0 Å². The predicted octanol–water partition coefficient (Wildman–Crippen LogP) is 29.6. The van der Waals surface area contributed by atoms with E-state index in [1.54, 1.807) is 0 Å². The van der Waals surface area contributed by atoms with E-state index in [-0.39, 0.29) is 13.4 Å². The summed E-state index contributed by atoms with van der Waals surface area (Å²) in [5.74, 6) is 0. The summed E-state index contributed by atoms with van der Waals surface area (Å²) < 4.78 is 9.93. The molecule has 4 aliphatic rings. The van der Waals surface area contributed by atoms with Gasteiger partial charge in [0, 0.05) is 150 Å². The molecule has 0 saturated carbocycles. The van der Waals surface area contributed by atoms with Crippen molar-refractivity contribution >= 4 is 275 Å². The Morgan fingerprint density at radius 3 is 1.03 bits per heavy atom. The zero-order valence-electron chi connectivity index (χ0n) is 67.9. The predicted molar refractivity (Wildman–Crippen MR) is 546 cm³/mol. The third-order valence-electron chi connectivity index (χ3n) is 26.5. The molecule has 27 rings (SSSR count). The SMILES string of the molecule is c1ccc(-c2cccc(-c3ccccc3)c2N(c2ccccc2)c2cc3c4c(c2)N(c2cccc5sc6ccccc6c25)c2cc5c(cc2B4c2ccccc2N3c2cccc3sc4ccccc4c23)B2c3ccccc3N(c3ccccc3)c3cc(N(c4ccccc4)c4cccc6c4sc4ccccc46)cc(c32)N5c2cccc3sc4ccccc4c23)cc1. The minimum atomic E-state index is -0.316. The monoisotopic (exact) mass is 1670 g/mol. The molecule has 6 nitrogen and oxygen atoms in total. The number of para-hydroxylation sites is 6. The third kappa shape index (κ3) is 10.7. The molecule has 19 aromatic carbocycles. The Balaban J connectivity index is 0.816. The van der Waals surface area contributed by atoms with Gasteiger partial charge in [-0.25, -0.2) is 0 Å². The van der Waals surface area contributed by atoms with Gasteiger partial charge >= 0.3 is 0 Å². The molecule has 4 aromatic heterocycles. The van der Waals surface area contributed by atoms with Crippen LogP contribution in [0.2, 0.25) is 0 Å². The molecule has 12 heteroatoms. The average molecular weight is 1670 g/mol. The van der Waals surface area contributed by atoms with Crippen molar-refractivity contribution in [3.05, 3.63) is 425 Å². The summed E-state index contributed by atoms with van der Waals surface area (Å²) in [6.07, 6.45) is 0. The second-order valence-electron chi connectivity index (χ2n) is 33.2. The first-order chi connectivity index (χ1) is 62.6. The van der Waals surface area contributed by atoms with Crippen molar-refractivity contribution in [2.24, 2.45) is 0 Å². The standard InChI is InChI=1S/C114H70B2N6S4/c1-6-33-71(34-7-1)78-47-28-48-79(72-35-8-2-9-36-72)113(78)118(74-39-12-4-13-40-74)77-67-98-112-100(68-77)122(93-56-32-64-107-110(93)84-46-19-27-61-104(84)125-107)96-70-95-87(69-88(96)116(112)86-51-21-23-53-90(86)120(98)91-54-30-62-105-108(91)82-44-17-25-59-102(82)123-105)115-85-50-20-22-52-89(85)119(75-41-14-5-15-42-75)97-65-76(66-99(111(97)115)121(95)92-55-31-63-106-109(92)83-45-18-26-60-103(83)124-106)117(73-37-10-3-11-38-73)94-57-29-49-81-80-43-16-24-58-101(80)126-114(81)94/h1-70H. The van der Waals surface area contributed by atoms with Crippen LogP contribution in [0.1, 0.15) is 0 Å². The number of benzene rings is 19. The first kappa shape index (κ1) is 71.6. The molecule has 0 saturated heterocycles. The Labute approximate surface area is 744 Å². The lowest BCUT2D eigenvalue weighted by atomic mass is 9.30. The molecule has 0 bridgehead atoms. The molecule has 0 aliphatic carbocycles. The molecule has 0 amide bonds. The van der Waals surface area contributed by atoms with E-state index in [9.17, 15) is 0 Å². The summed E-state index contributed by atoms with van der Waals surface area (Å²) in [7, 11) is 0. The number of anilines is 18. The number of thiophene rings is 4. The van der Waals surface area contributed by atoms with Gasteiger partial charge in [-0.2, -0.15) is 0 Å². The fourth-order valence-corrected chi connectivity index (χ4v) is 26.0. The summed E-state index contributed by atoms with van der Waals surface area (Å²) in [4.78, 5) is 15.9. The molecule has 23 aromatic rings. The fourth-order valence-electron chi connectivity index (χ4n) is 21.5. The molecule has 8 heterocycles. The Morgan fingerprint density at radius 1 is 0.206 bits per heavy atom. The van der Waals surface area contributed by atoms with E-state index in [0.717, 1.165) is 125 Å². The van der Waals surface area contributed by atoms with Crippen LogP contribution >= 0.6 is 45.3 Å². The summed E-state index contributed by atoms with van der Waals surface area (Å²) in [6.45, 7) is -0.599. The Kier molecular flexibility index (Phi) is 16.1. The van der Waals surface area contributed by atoms with Crippen LogP contribution in [0, 0.1) is 0 Å². The number of hydrogen-bond donors (Lipinski definition) is 0. The van der Waals surface area contributed by atoms with Gasteiger partial charge in [-0.15, -0.1) is 45.3 Å². The molecule has 0 spiro atoms. The lowest BCUT2D eigenvalue weighted by Crippen LogP contribution is -2.65. The van der Waals surface area contributed by atoms with Gasteiger partial charge in [-0.05, 0) is 189 Å². The first-order valence-electron chi connectivity index (χ1n) is 43.1. The number of hydrogen-bond acceptors (Lipinski definition) is 10. The molecular formula is C114H70B2N6S4. The molecular weight excluding hydrogens is 1600 g/mol. The van der Waals surface area contributed by atoms with Crippen LogP contribution in [-0.4, -0.2) is 13.4 Å². The quantitative estimate of drug-likeness (QED) is 0.113. The van der Waals surface area contributed by atoms with Crippen molar-refractivity contribution in [1.29, 1.82) is 0 Å². The first-order valence-corrected chi connectivity index (χ1v) is 46.4. The van der Waals surface area contributed by atoms with E-state index in [1.165, 1.54) is 113 Å². The van der Waals surface area contributed by atoms with Gasteiger partial charge in [0.05, 0.1) is 44.5 Å². The smallest absolute Gasteiger partial charge is 0.252 e. The molecule has 0 atom stereocenters. The van der Waals surface area contributed by atoms with E-state index in [4.69, 9.17) is 0 Å². The van der Waals surface area contributed by atoms with Crippen LogP contribution < -0.4 is 62.2 Å². The van der Waals surface area contributed by atoms with Crippen LogP contribution in [0.25, 0.3) is 103 Å². The van der Waals surface area contributed by atoms with Crippen molar-refractivity contribution in [3.8, 4) is 22.3 Å². The lowest BCUT2D eigenvalue weighted by Gasteiger charge is -2.48. The number of rotatable bonds is 12. The second-order valence-corrected chi connectivity index (χ2v) is 37.5. The lowest BCUT2D eigenvalue weighted by molar-refractivity contribution is 1.22. The molecule has 0 fully saturated rings. The Bertz CT molecular complexity index is 8380. The van der Waals surface area contributed by atoms with Crippen LogP contribution in [0.15, 0.2) is 425 Å². The minimum absolute atomic E-state index is 0.282. The summed E-state index contributed by atoms with van der Waals surface area (Å²) >= 11 is 7.51. The van der Waals surface area contributed by atoms with E-state index in [2.05, 4.69) is 454 Å². The largest absolute Gasteiger partial charge is 0.311 e. The zero-order chi connectivity index (χ0) is 82.3. The van der Waals surface area contributed by atoms with Crippen LogP contribution in [0.5, 0.6) is 0 Å². The summed E-state index contributed by atoms with van der Waals surface area (Å²) in [5.41, 5.74) is 31.6. The molecule has 586 valence electrons. The molecule has 4 aliphatic heterocycles. The Morgan fingerprint density at radius 2 is 0.548 bits per heavy atom. The maximum absolute atomic E-state index is 2.75. The van der Waals surface area contributed by atoms with E-state index >= 15 is 0 Å². The van der Waals surface area contributed by atoms with Crippen molar-refractivity contribution in [2.45, 2.75) is 0 Å². The van der Waals surface area contributed by atoms with Crippen molar-refractivity contribution in [2.75, 3.05) is 29.4 Å². The molecule has 0 unspecified atom stereocenters. The second kappa shape index (κ2) is 28.3. The molecule has 126 heavy (non-hydrogen) atoms. The van der Waals surface area contributed by atoms with Crippen molar-refractivity contribution < 1.29 is 0 Å². The molecule has 0 N–H and O–H groups in total. The van der Waals surface area contributed by atoms with Crippen LogP contribution in [0.4, 0.5) is 102 Å². The van der Waals surface area contributed by atoms with Gasteiger partial charge in [-0.1, -0.05) is 279 Å². The maximum atomic E-state index is 2.75. The summed E-state index contributed by atoms with van der Waals surface area (Å²) in [6, 6.07) is 161. The summed E-state index contributed by atoms with van der Waals surface area (Å²) in [5, 5.41) is 9.86. The van der Waals surface area contributed by atoms with Gasteiger partial charge in [0.15, 0.2) is 0 Å². The van der Waals surface area contributed by atoms with Gasteiger partial charge in [0.25, 0.3) is 13.4 Å². The molecule has 0 radical (unpaired) electrons. The van der Waals surface area contributed by atoms with Gasteiger partial charge in [0.2, 0.25) is 0 Å². The highest BCUT2D eigenvalue weighted by molar-refractivity contribution is 7.27. The highest BCUT2D eigenvalue weighted by Crippen LogP contribution is 2.59. The normalized spacial score (nSPS) is 13.0. The van der Waals surface area contributed by atoms with Crippen molar-refractivity contribution in [3.63, 3.8) is 0 Å². The van der Waals surface area contributed by atoms with Gasteiger partial charge < -0.3 is 29.4 Å². The topological polar surface area (TPSA) is 19.4 Å². The number of nitrogens with zero attached hydrogens (tertiary/aromatic N) is 6. The minimum Gasteiger partial charge on any atom is -0.311 e. The van der Waals surface area contributed by atoms with E-state index < -0.39 is 0 Å². The van der Waals surface area contributed by atoms with Gasteiger partial charge in [-0.3, -0.25) is 0 Å². The maximum Gasteiger partial charge on any atom is 0.252 e. The van der Waals surface area contributed by atoms with Crippen LogP contribution in [0.3, 0.4) is 0 Å². The highest BCUT2D eigenvalue weighted by atomic mass is 32.1. The third-order valence-corrected chi connectivity index (χ3v) is 31.1.